The number of hydrogen-bond donors (Lipinski definition) is 0. The molecule has 0 saturated carbocycles. The Hall–Kier alpha value is -2.58. The van der Waals surface area contributed by atoms with Crippen LogP contribution >= 0.6 is 22.7 Å². The number of esters is 1. The van der Waals surface area contributed by atoms with E-state index < -0.39 is 5.97 Å². The minimum atomic E-state index is -0.520. The van der Waals surface area contributed by atoms with Crippen LogP contribution in [0.25, 0.3) is 9.88 Å². The van der Waals surface area contributed by atoms with E-state index in [1.807, 2.05) is 22.9 Å². The zero-order chi connectivity index (χ0) is 18.5. The van der Waals surface area contributed by atoms with Gasteiger partial charge in [0.25, 0.3) is 0 Å². The van der Waals surface area contributed by atoms with E-state index in [0.29, 0.717) is 17.2 Å². The largest absolute Gasteiger partial charge is 0.493 e. The summed E-state index contributed by atoms with van der Waals surface area (Å²) in [4.78, 5) is 18.1. The van der Waals surface area contributed by atoms with Crippen molar-refractivity contribution in [3.05, 3.63) is 46.3 Å². The first kappa shape index (κ1) is 18.2. The van der Waals surface area contributed by atoms with Crippen molar-refractivity contribution < 1.29 is 23.7 Å². The molecule has 0 aliphatic rings. The summed E-state index contributed by atoms with van der Waals surface area (Å²) in [6.45, 7) is 0.0816. The maximum atomic E-state index is 12.5. The van der Waals surface area contributed by atoms with Crippen molar-refractivity contribution in [2.24, 2.45) is 0 Å². The summed E-state index contributed by atoms with van der Waals surface area (Å²) in [5.41, 5.74) is 0.963. The van der Waals surface area contributed by atoms with E-state index in [4.69, 9.17) is 18.9 Å². The van der Waals surface area contributed by atoms with Crippen LogP contribution in [0.2, 0.25) is 0 Å². The molecule has 0 fully saturated rings. The van der Waals surface area contributed by atoms with Crippen LogP contribution in [0.4, 0.5) is 0 Å². The highest BCUT2D eigenvalue weighted by Crippen LogP contribution is 2.40. The standard InChI is InChI=1S/C18H17NO5S2/c1-21-13-7-6-12(15(22-2)16(13)23-3)18(20)24-9-11-10-26-17(19-11)14-5-4-8-25-14/h4-8,10H,9H2,1-3H3. The van der Waals surface area contributed by atoms with E-state index in [1.165, 1.54) is 32.7 Å². The van der Waals surface area contributed by atoms with Crippen LogP contribution in [0.1, 0.15) is 16.1 Å². The third kappa shape index (κ3) is 3.66. The van der Waals surface area contributed by atoms with Gasteiger partial charge in [0.2, 0.25) is 5.75 Å². The Morgan fingerprint density at radius 1 is 1.04 bits per heavy atom. The average Bonchev–Trinajstić information content (AvgIpc) is 3.35. The van der Waals surface area contributed by atoms with E-state index in [9.17, 15) is 4.79 Å². The van der Waals surface area contributed by atoms with Crippen molar-refractivity contribution in [3.63, 3.8) is 0 Å². The molecule has 0 aliphatic carbocycles. The summed E-state index contributed by atoms with van der Waals surface area (Å²) in [6, 6.07) is 7.20. The van der Waals surface area contributed by atoms with Crippen molar-refractivity contribution in [1.82, 2.24) is 4.98 Å². The lowest BCUT2D eigenvalue weighted by Crippen LogP contribution is -2.09. The zero-order valence-corrected chi connectivity index (χ0v) is 16.1. The topological polar surface area (TPSA) is 66.9 Å². The molecule has 0 aliphatic heterocycles. The number of aromatic nitrogens is 1. The maximum Gasteiger partial charge on any atom is 0.342 e. The first-order valence-electron chi connectivity index (χ1n) is 7.62. The van der Waals surface area contributed by atoms with Gasteiger partial charge in [-0.15, -0.1) is 22.7 Å². The first-order chi connectivity index (χ1) is 12.7. The molecule has 8 heteroatoms. The van der Waals surface area contributed by atoms with Crippen molar-refractivity contribution in [2.75, 3.05) is 21.3 Å². The molecular weight excluding hydrogens is 374 g/mol. The summed E-state index contributed by atoms with van der Waals surface area (Å²) in [7, 11) is 4.46. The lowest BCUT2D eigenvalue weighted by atomic mass is 10.1. The Morgan fingerprint density at radius 3 is 2.50 bits per heavy atom. The molecule has 136 valence electrons. The highest BCUT2D eigenvalue weighted by molar-refractivity contribution is 7.20. The van der Waals surface area contributed by atoms with Gasteiger partial charge in [-0.1, -0.05) is 6.07 Å². The van der Waals surface area contributed by atoms with E-state index in [2.05, 4.69) is 4.98 Å². The molecule has 0 N–H and O–H groups in total. The van der Waals surface area contributed by atoms with E-state index in [0.717, 1.165) is 9.88 Å². The van der Waals surface area contributed by atoms with E-state index in [1.54, 1.807) is 23.5 Å². The minimum absolute atomic E-state index is 0.0816. The van der Waals surface area contributed by atoms with Crippen LogP contribution < -0.4 is 14.2 Å². The van der Waals surface area contributed by atoms with Crippen LogP contribution in [0, 0.1) is 0 Å². The summed E-state index contributed by atoms with van der Waals surface area (Å²) >= 11 is 3.14. The number of hydrogen-bond acceptors (Lipinski definition) is 8. The molecule has 0 spiro atoms. The third-order valence-corrected chi connectivity index (χ3v) is 5.49. The average molecular weight is 391 g/mol. The molecule has 3 aromatic rings. The minimum Gasteiger partial charge on any atom is -0.493 e. The number of thiophene rings is 1. The molecule has 0 unspecified atom stereocenters. The number of nitrogens with zero attached hydrogens (tertiary/aromatic N) is 1. The molecule has 0 bridgehead atoms. The smallest absolute Gasteiger partial charge is 0.342 e. The van der Waals surface area contributed by atoms with Crippen LogP contribution in [0.15, 0.2) is 35.0 Å². The second-order valence-electron chi connectivity index (χ2n) is 5.08. The Labute approximate surface area is 158 Å². The van der Waals surface area contributed by atoms with Gasteiger partial charge >= 0.3 is 5.97 Å². The second kappa shape index (κ2) is 8.20. The third-order valence-electron chi connectivity index (χ3n) is 3.56. The van der Waals surface area contributed by atoms with Gasteiger partial charge in [0, 0.05) is 5.38 Å². The highest BCUT2D eigenvalue weighted by Gasteiger charge is 2.22. The predicted molar refractivity (Wildman–Crippen MR) is 101 cm³/mol. The predicted octanol–water partition coefficient (Wildman–Crippen LogP) is 4.25. The number of methoxy groups -OCH3 is 3. The van der Waals surface area contributed by atoms with Gasteiger partial charge in [-0.2, -0.15) is 0 Å². The Kier molecular flexibility index (Phi) is 5.75. The molecule has 0 saturated heterocycles. The van der Waals surface area contributed by atoms with Gasteiger partial charge in [0.05, 0.1) is 31.9 Å². The maximum absolute atomic E-state index is 12.5. The molecule has 0 radical (unpaired) electrons. The van der Waals surface area contributed by atoms with Crippen LogP contribution in [-0.4, -0.2) is 32.3 Å². The SMILES string of the molecule is COc1ccc(C(=O)OCc2csc(-c3cccs3)n2)c(OC)c1OC. The summed E-state index contributed by atoms with van der Waals surface area (Å²) in [5.74, 6) is 0.571. The molecular formula is C18H17NO5S2. The Balaban J connectivity index is 1.74. The summed E-state index contributed by atoms with van der Waals surface area (Å²) in [5, 5.41) is 4.79. The molecule has 6 nitrogen and oxygen atoms in total. The molecule has 1 aromatic carbocycles. The fourth-order valence-corrected chi connectivity index (χ4v) is 3.98. The summed E-state index contributed by atoms with van der Waals surface area (Å²) in [6.07, 6.45) is 0. The Bertz CT molecular complexity index is 889. The second-order valence-corrected chi connectivity index (χ2v) is 6.89. The van der Waals surface area contributed by atoms with Crippen molar-refractivity contribution in [2.45, 2.75) is 6.61 Å². The van der Waals surface area contributed by atoms with E-state index >= 15 is 0 Å². The molecule has 2 aromatic heterocycles. The monoisotopic (exact) mass is 391 g/mol. The summed E-state index contributed by atoms with van der Waals surface area (Å²) < 4.78 is 21.2. The highest BCUT2D eigenvalue weighted by atomic mass is 32.1. The number of thiazole rings is 1. The van der Waals surface area contributed by atoms with Crippen LogP contribution in [0.5, 0.6) is 17.2 Å². The van der Waals surface area contributed by atoms with Gasteiger partial charge in [-0.25, -0.2) is 9.78 Å². The van der Waals surface area contributed by atoms with E-state index in [-0.39, 0.29) is 17.9 Å². The molecule has 3 rings (SSSR count). The normalized spacial score (nSPS) is 10.4. The van der Waals surface area contributed by atoms with Gasteiger partial charge in [0.15, 0.2) is 11.5 Å². The van der Waals surface area contributed by atoms with Gasteiger partial charge in [0.1, 0.15) is 17.2 Å². The number of carbonyl (C=O) groups is 1. The Morgan fingerprint density at radius 2 is 1.85 bits per heavy atom. The van der Waals surface area contributed by atoms with Crippen molar-refractivity contribution in [1.29, 1.82) is 0 Å². The number of carbonyl (C=O) groups excluding carboxylic acids is 1. The van der Waals surface area contributed by atoms with Crippen molar-refractivity contribution >= 4 is 28.6 Å². The zero-order valence-electron chi connectivity index (χ0n) is 14.5. The van der Waals surface area contributed by atoms with Gasteiger partial charge < -0.3 is 18.9 Å². The fraction of sp³-hybridized carbons (Fsp3) is 0.222. The molecule has 0 amide bonds. The first-order valence-corrected chi connectivity index (χ1v) is 9.38. The molecule has 2 heterocycles. The van der Waals surface area contributed by atoms with Gasteiger partial charge in [-0.05, 0) is 23.6 Å². The molecule has 26 heavy (non-hydrogen) atoms. The number of ether oxygens (including phenoxy) is 4. The van der Waals surface area contributed by atoms with Crippen LogP contribution in [-0.2, 0) is 11.3 Å². The quantitative estimate of drug-likeness (QED) is 0.561. The number of rotatable bonds is 7. The van der Waals surface area contributed by atoms with Crippen molar-refractivity contribution in [3.8, 4) is 27.1 Å². The lowest BCUT2D eigenvalue weighted by Gasteiger charge is -2.14. The number of benzene rings is 1. The lowest BCUT2D eigenvalue weighted by molar-refractivity contribution is 0.0464. The fourth-order valence-electron chi connectivity index (χ4n) is 2.37. The molecule has 0 atom stereocenters. The van der Waals surface area contributed by atoms with Gasteiger partial charge in [-0.3, -0.25) is 0 Å². The van der Waals surface area contributed by atoms with Crippen LogP contribution in [0.3, 0.4) is 0 Å².